The van der Waals surface area contributed by atoms with E-state index in [-0.39, 0.29) is 5.91 Å². The summed E-state index contributed by atoms with van der Waals surface area (Å²) in [5, 5.41) is 2.89. The maximum Gasteiger partial charge on any atom is 0.220 e. The lowest BCUT2D eigenvalue weighted by molar-refractivity contribution is -0.122. The van der Waals surface area contributed by atoms with Crippen LogP contribution in [0.3, 0.4) is 0 Å². The summed E-state index contributed by atoms with van der Waals surface area (Å²) in [5.41, 5.74) is 5.69. The quantitative estimate of drug-likeness (QED) is 0.567. The van der Waals surface area contributed by atoms with Crippen LogP contribution < -0.4 is 11.1 Å². The van der Waals surface area contributed by atoms with Crippen molar-refractivity contribution in [2.75, 3.05) is 26.3 Å². The Morgan fingerprint density at radius 1 is 1.16 bits per heavy atom. The summed E-state index contributed by atoms with van der Waals surface area (Å²) in [5.74, 6) is 1.63. The number of amides is 1. The van der Waals surface area contributed by atoms with Crippen molar-refractivity contribution in [2.45, 2.75) is 47.0 Å². The van der Waals surface area contributed by atoms with Gasteiger partial charge in [0.25, 0.3) is 0 Å². The molecule has 1 unspecified atom stereocenters. The molecule has 0 aliphatic carbocycles. The smallest absolute Gasteiger partial charge is 0.220 e. The van der Waals surface area contributed by atoms with Crippen LogP contribution in [0.4, 0.5) is 0 Å². The average Bonchev–Trinajstić information content (AvgIpc) is 2.31. The van der Waals surface area contributed by atoms with E-state index >= 15 is 0 Å². The number of hydrogen-bond donors (Lipinski definition) is 2. The van der Waals surface area contributed by atoms with Crippen LogP contribution in [0.5, 0.6) is 0 Å². The molecule has 19 heavy (non-hydrogen) atoms. The molecule has 4 heteroatoms. The van der Waals surface area contributed by atoms with E-state index in [0.717, 1.165) is 19.4 Å². The van der Waals surface area contributed by atoms with Gasteiger partial charge in [0, 0.05) is 19.6 Å². The van der Waals surface area contributed by atoms with Gasteiger partial charge in [-0.1, -0.05) is 27.7 Å². The van der Waals surface area contributed by atoms with Crippen LogP contribution in [0.1, 0.15) is 47.0 Å². The third-order valence-electron chi connectivity index (χ3n) is 3.02. The molecule has 0 aromatic heterocycles. The molecule has 0 aliphatic rings. The lowest BCUT2D eigenvalue weighted by atomic mass is 9.94. The molecule has 3 N–H and O–H groups in total. The van der Waals surface area contributed by atoms with Crippen LogP contribution in [-0.4, -0.2) is 32.2 Å². The van der Waals surface area contributed by atoms with Gasteiger partial charge in [-0.2, -0.15) is 0 Å². The summed E-state index contributed by atoms with van der Waals surface area (Å²) in [6, 6.07) is 0. The SMILES string of the molecule is CC(C)CCOCCNC(=O)CC(CN)CC(C)C. The van der Waals surface area contributed by atoms with E-state index in [1.54, 1.807) is 0 Å². The van der Waals surface area contributed by atoms with Crippen LogP contribution in [0.15, 0.2) is 0 Å². The Morgan fingerprint density at radius 3 is 2.37 bits per heavy atom. The van der Waals surface area contributed by atoms with E-state index < -0.39 is 0 Å². The Bertz CT molecular complexity index is 230. The molecule has 0 radical (unpaired) electrons. The molecule has 0 aromatic carbocycles. The lowest BCUT2D eigenvalue weighted by Crippen LogP contribution is -2.31. The van der Waals surface area contributed by atoms with E-state index in [1.807, 2.05) is 0 Å². The van der Waals surface area contributed by atoms with Crippen LogP contribution in [-0.2, 0) is 9.53 Å². The fourth-order valence-electron chi connectivity index (χ4n) is 1.95. The first-order valence-electron chi connectivity index (χ1n) is 7.50. The number of rotatable bonds is 11. The van der Waals surface area contributed by atoms with Gasteiger partial charge in [0.05, 0.1) is 6.61 Å². The van der Waals surface area contributed by atoms with E-state index in [0.29, 0.717) is 43.9 Å². The largest absolute Gasteiger partial charge is 0.380 e. The van der Waals surface area contributed by atoms with Gasteiger partial charge >= 0.3 is 0 Å². The summed E-state index contributed by atoms with van der Waals surface area (Å²) in [6.45, 7) is 11.2. The fourth-order valence-corrected chi connectivity index (χ4v) is 1.95. The van der Waals surface area contributed by atoms with Gasteiger partial charge in [-0.25, -0.2) is 0 Å². The second-order valence-electron chi connectivity index (χ2n) is 6.08. The molecule has 4 nitrogen and oxygen atoms in total. The summed E-state index contributed by atoms with van der Waals surface area (Å²) in [4.78, 5) is 11.7. The van der Waals surface area contributed by atoms with Crippen molar-refractivity contribution in [1.29, 1.82) is 0 Å². The molecule has 1 amide bonds. The monoisotopic (exact) mass is 272 g/mol. The zero-order valence-electron chi connectivity index (χ0n) is 13.1. The van der Waals surface area contributed by atoms with E-state index in [2.05, 4.69) is 33.0 Å². The number of hydrogen-bond acceptors (Lipinski definition) is 3. The van der Waals surface area contributed by atoms with Crippen molar-refractivity contribution in [3.8, 4) is 0 Å². The van der Waals surface area contributed by atoms with Gasteiger partial charge in [0.1, 0.15) is 0 Å². The first-order chi connectivity index (χ1) is 8.95. The molecule has 0 rings (SSSR count). The standard InChI is InChI=1S/C15H32N2O2/c1-12(2)5-7-19-8-6-17-15(18)10-14(11-16)9-13(3)4/h12-14H,5-11,16H2,1-4H3,(H,17,18). The van der Waals surface area contributed by atoms with Crippen molar-refractivity contribution in [2.24, 2.45) is 23.5 Å². The van der Waals surface area contributed by atoms with Gasteiger partial charge in [0.2, 0.25) is 5.91 Å². The first-order valence-corrected chi connectivity index (χ1v) is 7.50. The van der Waals surface area contributed by atoms with Crippen LogP contribution in [0, 0.1) is 17.8 Å². The Balaban J connectivity index is 3.57. The second kappa shape index (κ2) is 11.2. The molecule has 0 bridgehead atoms. The van der Waals surface area contributed by atoms with Gasteiger partial charge in [-0.15, -0.1) is 0 Å². The molecular weight excluding hydrogens is 240 g/mol. The number of nitrogens with two attached hydrogens (primary N) is 1. The molecular formula is C15H32N2O2. The van der Waals surface area contributed by atoms with Crippen LogP contribution >= 0.6 is 0 Å². The zero-order valence-corrected chi connectivity index (χ0v) is 13.1. The average molecular weight is 272 g/mol. The molecule has 114 valence electrons. The van der Waals surface area contributed by atoms with Crippen molar-refractivity contribution in [3.05, 3.63) is 0 Å². The Morgan fingerprint density at radius 2 is 1.84 bits per heavy atom. The Hall–Kier alpha value is -0.610. The zero-order chi connectivity index (χ0) is 14.7. The molecule has 0 aliphatic heterocycles. The normalized spacial score (nSPS) is 13.0. The summed E-state index contributed by atoms with van der Waals surface area (Å²) in [6.07, 6.45) is 2.60. The lowest BCUT2D eigenvalue weighted by Gasteiger charge is -2.16. The van der Waals surface area contributed by atoms with Crippen molar-refractivity contribution in [3.63, 3.8) is 0 Å². The minimum atomic E-state index is 0.0866. The van der Waals surface area contributed by atoms with Gasteiger partial charge in [0.15, 0.2) is 0 Å². The topological polar surface area (TPSA) is 64.3 Å². The Kier molecular flexibility index (Phi) is 10.9. The highest BCUT2D eigenvalue weighted by molar-refractivity contribution is 5.76. The van der Waals surface area contributed by atoms with E-state index in [1.165, 1.54) is 0 Å². The third kappa shape index (κ3) is 12.2. The molecule has 0 spiro atoms. The minimum absolute atomic E-state index is 0.0866. The van der Waals surface area contributed by atoms with Crippen molar-refractivity contribution in [1.82, 2.24) is 5.32 Å². The maximum atomic E-state index is 11.7. The highest BCUT2D eigenvalue weighted by atomic mass is 16.5. The first kappa shape index (κ1) is 18.4. The molecule has 0 heterocycles. The third-order valence-corrected chi connectivity index (χ3v) is 3.02. The van der Waals surface area contributed by atoms with E-state index in [4.69, 9.17) is 10.5 Å². The summed E-state index contributed by atoms with van der Waals surface area (Å²) >= 11 is 0. The molecule has 1 atom stereocenters. The fraction of sp³-hybridized carbons (Fsp3) is 0.933. The van der Waals surface area contributed by atoms with Gasteiger partial charge in [-0.05, 0) is 37.1 Å². The minimum Gasteiger partial charge on any atom is -0.380 e. The molecule has 0 saturated heterocycles. The van der Waals surface area contributed by atoms with Gasteiger partial charge in [-0.3, -0.25) is 4.79 Å². The summed E-state index contributed by atoms with van der Waals surface area (Å²) < 4.78 is 5.45. The summed E-state index contributed by atoms with van der Waals surface area (Å²) in [7, 11) is 0. The maximum absolute atomic E-state index is 11.7. The highest BCUT2D eigenvalue weighted by Gasteiger charge is 2.13. The number of carbonyl (C=O) groups excluding carboxylic acids is 1. The predicted molar refractivity (Wildman–Crippen MR) is 79.9 cm³/mol. The van der Waals surface area contributed by atoms with E-state index in [9.17, 15) is 4.79 Å². The van der Waals surface area contributed by atoms with Gasteiger partial charge < -0.3 is 15.8 Å². The number of ether oxygens (including phenoxy) is 1. The van der Waals surface area contributed by atoms with Crippen LogP contribution in [0.25, 0.3) is 0 Å². The molecule has 0 fully saturated rings. The molecule has 0 aromatic rings. The van der Waals surface area contributed by atoms with Crippen molar-refractivity contribution < 1.29 is 9.53 Å². The number of carbonyl (C=O) groups is 1. The van der Waals surface area contributed by atoms with Crippen molar-refractivity contribution >= 4 is 5.91 Å². The highest BCUT2D eigenvalue weighted by Crippen LogP contribution is 2.13. The van der Waals surface area contributed by atoms with Crippen LogP contribution in [0.2, 0.25) is 0 Å². The Labute approximate surface area is 118 Å². The molecule has 0 saturated carbocycles. The second-order valence-corrected chi connectivity index (χ2v) is 6.08. The number of nitrogens with one attached hydrogen (secondary N) is 1. The predicted octanol–water partition coefficient (Wildman–Crippen LogP) is 2.18.